The molecule has 1 saturated heterocycles. The van der Waals surface area contributed by atoms with Crippen LogP contribution >= 0.6 is 0 Å². The third-order valence-corrected chi connectivity index (χ3v) is 4.13. The lowest BCUT2D eigenvalue weighted by Crippen LogP contribution is -2.50. The average Bonchev–Trinajstić information content (AvgIpc) is 2.97. The summed E-state index contributed by atoms with van der Waals surface area (Å²) < 4.78 is 38.9. The van der Waals surface area contributed by atoms with Gasteiger partial charge in [0.25, 0.3) is 0 Å². The summed E-state index contributed by atoms with van der Waals surface area (Å²) in [5.41, 5.74) is -0.872. The van der Waals surface area contributed by atoms with Crippen LogP contribution in [0.1, 0.15) is 26.0 Å². The number of alkyl halides is 3. The smallest absolute Gasteiger partial charge is 0.353 e. The molecule has 0 bridgehead atoms. The maximum atomic E-state index is 12.5. The summed E-state index contributed by atoms with van der Waals surface area (Å²) in [6, 6.07) is 1.15. The highest BCUT2D eigenvalue weighted by molar-refractivity contribution is 5.78. The molecule has 0 radical (unpaired) electrons. The minimum atomic E-state index is -4.41. The van der Waals surface area contributed by atoms with Crippen molar-refractivity contribution in [2.45, 2.75) is 39.2 Å². The lowest BCUT2D eigenvalue weighted by atomic mass is 10.2. The van der Waals surface area contributed by atoms with E-state index < -0.39 is 11.9 Å². The van der Waals surface area contributed by atoms with Crippen molar-refractivity contribution in [2.24, 2.45) is 0 Å². The summed E-state index contributed by atoms with van der Waals surface area (Å²) >= 11 is 0. The molecule has 0 spiro atoms. The molecular formula is C15H24F3N5O. The summed E-state index contributed by atoms with van der Waals surface area (Å²) in [4.78, 5) is 15.9. The van der Waals surface area contributed by atoms with Crippen molar-refractivity contribution >= 4 is 5.91 Å². The Labute approximate surface area is 139 Å². The summed E-state index contributed by atoms with van der Waals surface area (Å²) in [7, 11) is 0. The number of rotatable bonds is 6. The zero-order chi connectivity index (χ0) is 17.7. The van der Waals surface area contributed by atoms with Crippen LogP contribution in [0.2, 0.25) is 0 Å². The Hall–Kier alpha value is -1.61. The van der Waals surface area contributed by atoms with Crippen LogP contribution in [-0.4, -0.2) is 64.3 Å². The molecule has 24 heavy (non-hydrogen) atoms. The molecule has 1 unspecified atom stereocenters. The van der Waals surface area contributed by atoms with Crippen molar-refractivity contribution in [3.63, 3.8) is 0 Å². The lowest BCUT2D eigenvalue weighted by molar-refractivity contribution is -0.141. The monoisotopic (exact) mass is 347 g/mol. The summed E-state index contributed by atoms with van der Waals surface area (Å²) in [6.45, 7) is 7.47. The van der Waals surface area contributed by atoms with Crippen molar-refractivity contribution in [1.82, 2.24) is 24.9 Å². The molecule has 9 heteroatoms. The van der Waals surface area contributed by atoms with Crippen LogP contribution in [0.4, 0.5) is 13.2 Å². The van der Waals surface area contributed by atoms with E-state index in [-0.39, 0.29) is 11.9 Å². The fourth-order valence-corrected chi connectivity index (χ4v) is 2.51. The summed E-state index contributed by atoms with van der Waals surface area (Å²) in [5.74, 6) is 0.0136. The maximum absolute atomic E-state index is 12.5. The highest BCUT2D eigenvalue weighted by Crippen LogP contribution is 2.27. The van der Waals surface area contributed by atoms with E-state index in [1.807, 2.05) is 18.7 Å². The Morgan fingerprint density at radius 3 is 2.46 bits per heavy atom. The molecule has 2 rings (SSSR count). The number of amides is 1. The first-order chi connectivity index (χ1) is 11.3. The fraction of sp³-hybridized carbons (Fsp3) is 0.733. The van der Waals surface area contributed by atoms with Gasteiger partial charge in [-0.3, -0.25) is 19.3 Å². The van der Waals surface area contributed by atoms with E-state index in [2.05, 4.69) is 15.3 Å². The van der Waals surface area contributed by atoms with Gasteiger partial charge in [-0.05, 0) is 19.4 Å². The SMILES string of the molecule is CCC(C)NC(=O)CN1CCN(Cn2ccc(C(F)(F)F)n2)CC1. The molecule has 1 N–H and O–H groups in total. The standard InChI is InChI=1S/C15H24F3N5O/c1-3-12(2)19-14(24)10-21-6-8-22(9-7-21)11-23-5-4-13(20-23)15(16,17)18/h4-5,12H,3,6-11H2,1-2H3,(H,19,24). The normalized spacial score (nSPS) is 18.5. The van der Waals surface area contributed by atoms with Crippen LogP contribution in [0.15, 0.2) is 12.3 Å². The van der Waals surface area contributed by atoms with Gasteiger partial charge >= 0.3 is 6.18 Å². The predicted molar refractivity (Wildman–Crippen MR) is 83.1 cm³/mol. The van der Waals surface area contributed by atoms with Gasteiger partial charge in [0.15, 0.2) is 5.69 Å². The number of nitrogens with zero attached hydrogens (tertiary/aromatic N) is 4. The number of piperazine rings is 1. The van der Waals surface area contributed by atoms with Crippen molar-refractivity contribution in [3.05, 3.63) is 18.0 Å². The number of hydrogen-bond donors (Lipinski definition) is 1. The van der Waals surface area contributed by atoms with Crippen LogP contribution in [0.5, 0.6) is 0 Å². The maximum Gasteiger partial charge on any atom is 0.435 e. The molecule has 1 aliphatic heterocycles. The van der Waals surface area contributed by atoms with E-state index in [1.54, 1.807) is 0 Å². The van der Waals surface area contributed by atoms with Gasteiger partial charge in [0.05, 0.1) is 13.2 Å². The molecular weight excluding hydrogens is 323 g/mol. The van der Waals surface area contributed by atoms with E-state index >= 15 is 0 Å². The number of carbonyl (C=O) groups excluding carboxylic acids is 1. The van der Waals surface area contributed by atoms with Crippen molar-refractivity contribution in [1.29, 1.82) is 0 Å². The van der Waals surface area contributed by atoms with Gasteiger partial charge in [0.2, 0.25) is 5.91 Å². The second-order valence-corrected chi connectivity index (χ2v) is 6.15. The molecule has 1 fully saturated rings. The minimum Gasteiger partial charge on any atom is -0.353 e. The fourth-order valence-electron chi connectivity index (χ4n) is 2.51. The number of aromatic nitrogens is 2. The van der Waals surface area contributed by atoms with Gasteiger partial charge < -0.3 is 5.32 Å². The molecule has 0 saturated carbocycles. The number of carbonyl (C=O) groups is 1. The topological polar surface area (TPSA) is 53.4 Å². The molecule has 1 aromatic heterocycles. The third-order valence-electron chi connectivity index (χ3n) is 4.13. The number of hydrogen-bond acceptors (Lipinski definition) is 4. The lowest BCUT2D eigenvalue weighted by Gasteiger charge is -2.34. The Bertz CT molecular complexity index is 537. The zero-order valence-corrected chi connectivity index (χ0v) is 14.0. The van der Waals surface area contributed by atoms with E-state index in [0.29, 0.717) is 39.4 Å². The van der Waals surface area contributed by atoms with Gasteiger partial charge in [0.1, 0.15) is 0 Å². The van der Waals surface area contributed by atoms with Gasteiger partial charge in [-0.15, -0.1) is 0 Å². The van der Waals surface area contributed by atoms with Crippen molar-refractivity contribution in [2.75, 3.05) is 32.7 Å². The molecule has 0 aliphatic carbocycles. The van der Waals surface area contributed by atoms with Crippen molar-refractivity contribution in [3.8, 4) is 0 Å². The van der Waals surface area contributed by atoms with Crippen LogP contribution in [0.25, 0.3) is 0 Å². The Balaban J connectivity index is 1.75. The number of nitrogens with one attached hydrogen (secondary N) is 1. The zero-order valence-electron chi connectivity index (χ0n) is 14.0. The summed E-state index contributed by atoms with van der Waals surface area (Å²) in [6.07, 6.45) is -2.18. The van der Waals surface area contributed by atoms with E-state index in [1.165, 1.54) is 10.9 Å². The number of halogens is 3. The Kier molecular flexibility index (Phi) is 6.22. The molecule has 0 aromatic carbocycles. The Morgan fingerprint density at radius 2 is 1.92 bits per heavy atom. The molecule has 2 heterocycles. The van der Waals surface area contributed by atoms with Crippen LogP contribution in [-0.2, 0) is 17.6 Å². The minimum absolute atomic E-state index is 0.0136. The van der Waals surface area contributed by atoms with Gasteiger partial charge in [-0.1, -0.05) is 6.92 Å². The van der Waals surface area contributed by atoms with Crippen LogP contribution in [0, 0.1) is 0 Å². The molecule has 1 aromatic rings. The van der Waals surface area contributed by atoms with Gasteiger partial charge in [-0.2, -0.15) is 18.3 Å². The highest BCUT2D eigenvalue weighted by atomic mass is 19.4. The van der Waals surface area contributed by atoms with E-state index in [9.17, 15) is 18.0 Å². The Morgan fingerprint density at radius 1 is 1.29 bits per heavy atom. The van der Waals surface area contributed by atoms with Crippen molar-refractivity contribution < 1.29 is 18.0 Å². The first-order valence-electron chi connectivity index (χ1n) is 8.12. The van der Waals surface area contributed by atoms with Gasteiger partial charge in [0, 0.05) is 38.4 Å². The first kappa shape index (κ1) is 18.7. The largest absolute Gasteiger partial charge is 0.435 e. The quantitative estimate of drug-likeness (QED) is 0.845. The van der Waals surface area contributed by atoms with Gasteiger partial charge in [-0.25, -0.2) is 0 Å². The summed E-state index contributed by atoms with van der Waals surface area (Å²) in [5, 5.41) is 6.49. The van der Waals surface area contributed by atoms with E-state index in [4.69, 9.17) is 0 Å². The second-order valence-electron chi connectivity index (χ2n) is 6.15. The highest BCUT2D eigenvalue weighted by Gasteiger charge is 2.33. The first-order valence-corrected chi connectivity index (χ1v) is 8.12. The predicted octanol–water partition coefficient (Wildman–Crippen LogP) is 1.39. The molecule has 1 aliphatic rings. The molecule has 136 valence electrons. The average molecular weight is 347 g/mol. The van der Waals surface area contributed by atoms with Crippen LogP contribution in [0.3, 0.4) is 0 Å². The molecule has 1 amide bonds. The molecule has 6 nitrogen and oxygen atoms in total. The van der Waals surface area contributed by atoms with Crippen LogP contribution < -0.4 is 5.32 Å². The van der Waals surface area contributed by atoms with E-state index in [0.717, 1.165) is 12.5 Å². The second kappa shape index (κ2) is 7.98. The molecule has 1 atom stereocenters. The third kappa shape index (κ3) is 5.48.